The number of anilines is 1. The van der Waals surface area contributed by atoms with E-state index in [-0.39, 0.29) is 39.3 Å². The monoisotopic (exact) mass is 470 g/mol. The predicted octanol–water partition coefficient (Wildman–Crippen LogP) is 3.61. The Hall–Kier alpha value is -3.56. The molecule has 0 saturated heterocycles. The van der Waals surface area contributed by atoms with Crippen LogP contribution in [-0.4, -0.2) is 32.7 Å². The van der Waals surface area contributed by atoms with Crippen molar-refractivity contribution in [2.45, 2.75) is 36.2 Å². The van der Waals surface area contributed by atoms with Gasteiger partial charge in [-0.15, -0.1) is 0 Å². The van der Waals surface area contributed by atoms with Gasteiger partial charge in [-0.25, -0.2) is 13.9 Å². The van der Waals surface area contributed by atoms with Gasteiger partial charge < -0.3 is 15.2 Å². The Bertz CT molecular complexity index is 1240. The SMILES string of the molecule is COc1ccc(S(=O)(=O)c2cc(C(=O)NO)c(Cc3ccccc3)c(OC(C)C)c2N)cc1. The van der Waals surface area contributed by atoms with Gasteiger partial charge in [0.2, 0.25) is 9.84 Å². The number of hydrogen-bond donors (Lipinski definition) is 3. The van der Waals surface area contributed by atoms with Crippen molar-refractivity contribution in [2.24, 2.45) is 0 Å². The van der Waals surface area contributed by atoms with Crippen LogP contribution in [0.25, 0.3) is 0 Å². The minimum atomic E-state index is -4.13. The van der Waals surface area contributed by atoms with Crippen LogP contribution in [0.1, 0.15) is 35.3 Å². The van der Waals surface area contributed by atoms with Gasteiger partial charge in [0, 0.05) is 12.0 Å². The van der Waals surface area contributed by atoms with Gasteiger partial charge in [-0.05, 0) is 49.7 Å². The van der Waals surface area contributed by atoms with E-state index in [1.165, 1.54) is 37.4 Å². The van der Waals surface area contributed by atoms with Crippen LogP contribution < -0.4 is 20.7 Å². The Kier molecular flexibility index (Phi) is 7.25. The molecule has 8 nitrogen and oxygen atoms in total. The summed E-state index contributed by atoms with van der Waals surface area (Å²) in [5, 5.41) is 9.35. The molecule has 3 aromatic rings. The smallest absolute Gasteiger partial charge is 0.275 e. The molecule has 3 rings (SSSR count). The third kappa shape index (κ3) is 5.10. The van der Waals surface area contributed by atoms with E-state index >= 15 is 0 Å². The van der Waals surface area contributed by atoms with Crippen molar-refractivity contribution in [1.29, 1.82) is 0 Å². The van der Waals surface area contributed by atoms with E-state index in [4.69, 9.17) is 15.2 Å². The number of amides is 1. The van der Waals surface area contributed by atoms with E-state index in [0.29, 0.717) is 11.3 Å². The Balaban J connectivity index is 2.28. The van der Waals surface area contributed by atoms with Crippen molar-refractivity contribution in [2.75, 3.05) is 12.8 Å². The summed E-state index contributed by atoms with van der Waals surface area (Å²) in [4.78, 5) is 12.3. The largest absolute Gasteiger partial charge is 0.497 e. The van der Waals surface area contributed by atoms with Crippen molar-refractivity contribution >= 4 is 21.4 Å². The number of benzene rings is 3. The quantitative estimate of drug-likeness (QED) is 0.261. The molecule has 0 aromatic heterocycles. The fourth-order valence-electron chi connectivity index (χ4n) is 3.41. The van der Waals surface area contributed by atoms with E-state index in [1.54, 1.807) is 19.3 Å². The molecule has 0 spiro atoms. The molecule has 33 heavy (non-hydrogen) atoms. The maximum Gasteiger partial charge on any atom is 0.275 e. The second kappa shape index (κ2) is 9.93. The molecule has 9 heteroatoms. The molecule has 0 heterocycles. The second-order valence-corrected chi connectivity index (χ2v) is 9.51. The van der Waals surface area contributed by atoms with Crippen molar-refractivity contribution in [3.8, 4) is 11.5 Å². The zero-order valence-electron chi connectivity index (χ0n) is 18.5. The molecule has 0 aliphatic heterocycles. The molecule has 3 aromatic carbocycles. The Morgan fingerprint density at radius 3 is 2.27 bits per heavy atom. The molecule has 0 aliphatic rings. The maximum absolute atomic E-state index is 13.5. The number of nitrogens with two attached hydrogens (primary N) is 1. The molecule has 0 bridgehead atoms. The summed E-state index contributed by atoms with van der Waals surface area (Å²) < 4.78 is 37.9. The Labute approximate surface area is 192 Å². The summed E-state index contributed by atoms with van der Waals surface area (Å²) in [5.41, 5.74) is 9.00. The number of carbonyl (C=O) groups is 1. The molecule has 0 unspecified atom stereocenters. The van der Waals surface area contributed by atoms with Crippen molar-refractivity contribution in [3.63, 3.8) is 0 Å². The highest BCUT2D eigenvalue weighted by atomic mass is 32.2. The molecule has 174 valence electrons. The van der Waals surface area contributed by atoms with Crippen LogP contribution in [0.2, 0.25) is 0 Å². The van der Waals surface area contributed by atoms with Gasteiger partial charge in [-0.2, -0.15) is 0 Å². The van der Waals surface area contributed by atoms with Crippen LogP contribution in [0.5, 0.6) is 11.5 Å². The lowest BCUT2D eigenvalue weighted by Gasteiger charge is -2.22. The fraction of sp³-hybridized carbons (Fsp3) is 0.208. The number of carbonyl (C=O) groups excluding carboxylic acids is 1. The minimum absolute atomic E-state index is 0.0309. The van der Waals surface area contributed by atoms with Gasteiger partial charge in [-0.1, -0.05) is 30.3 Å². The van der Waals surface area contributed by atoms with Crippen LogP contribution in [0.15, 0.2) is 70.5 Å². The van der Waals surface area contributed by atoms with Crippen molar-refractivity contribution in [3.05, 3.63) is 77.4 Å². The van der Waals surface area contributed by atoms with E-state index < -0.39 is 15.7 Å². The zero-order valence-corrected chi connectivity index (χ0v) is 19.3. The van der Waals surface area contributed by atoms with E-state index in [9.17, 15) is 18.4 Å². The van der Waals surface area contributed by atoms with Crippen molar-refractivity contribution in [1.82, 2.24) is 5.48 Å². The van der Waals surface area contributed by atoms with Crippen LogP contribution in [-0.2, 0) is 16.3 Å². The van der Waals surface area contributed by atoms with E-state index in [2.05, 4.69) is 0 Å². The summed E-state index contributed by atoms with van der Waals surface area (Å²) in [5.74, 6) is -0.299. The highest BCUT2D eigenvalue weighted by Gasteiger charge is 2.29. The molecule has 4 N–H and O–H groups in total. The fourth-order valence-corrected chi connectivity index (χ4v) is 4.81. The predicted molar refractivity (Wildman–Crippen MR) is 124 cm³/mol. The highest BCUT2D eigenvalue weighted by molar-refractivity contribution is 7.91. The third-order valence-corrected chi connectivity index (χ3v) is 6.78. The van der Waals surface area contributed by atoms with Gasteiger partial charge >= 0.3 is 0 Å². The zero-order chi connectivity index (χ0) is 24.2. The first-order chi connectivity index (χ1) is 15.7. The molecule has 0 saturated carbocycles. The lowest BCUT2D eigenvalue weighted by Crippen LogP contribution is -2.23. The lowest BCUT2D eigenvalue weighted by molar-refractivity contribution is 0.0704. The van der Waals surface area contributed by atoms with Crippen LogP contribution in [0.4, 0.5) is 5.69 Å². The first-order valence-electron chi connectivity index (χ1n) is 10.2. The van der Waals surface area contributed by atoms with Crippen LogP contribution >= 0.6 is 0 Å². The lowest BCUT2D eigenvalue weighted by atomic mass is 9.97. The normalized spacial score (nSPS) is 11.3. The average Bonchev–Trinajstić information content (AvgIpc) is 2.81. The van der Waals surface area contributed by atoms with Gasteiger partial charge in [0.15, 0.2) is 0 Å². The number of hydroxylamine groups is 1. The number of nitrogens with one attached hydrogen (secondary N) is 1. The molecule has 0 fully saturated rings. The number of sulfone groups is 1. The topological polar surface area (TPSA) is 128 Å². The summed E-state index contributed by atoms with van der Waals surface area (Å²) in [6.45, 7) is 3.53. The molecular weight excluding hydrogens is 444 g/mol. The first kappa shape index (κ1) is 24.1. The Morgan fingerprint density at radius 2 is 1.73 bits per heavy atom. The number of ether oxygens (including phenoxy) is 2. The van der Waals surface area contributed by atoms with Crippen LogP contribution in [0, 0.1) is 0 Å². The van der Waals surface area contributed by atoms with Gasteiger partial charge in [-0.3, -0.25) is 10.0 Å². The number of hydrogen-bond acceptors (Lipinski definition) is 7. The average molecular weight is 471 g/mol. The minimum Gasteiger partial charge on any atom is -0.497 e. The van der Waals surface area contributed by atoms with Gasteiger partial charge in [0.05, 0.1) is 34.3 Å². The van der Waals surface area contributed by atoms with Crippen molar-refractivity contribution < 1.29 is 27.9 Å². The number of nitrogen functional groups attached to an aromatic ring is 1. The molecule has 0 radical (unpaired) electrons. The van der Waals surface area contributed by atoms with Gasteiger partial charge in [0.25, 0.3) is 5.91 Å². The van der Waals surface area contributed by atoms with E-state index in [1.807, 2.05) is 30.3 Å². The Morgan fingerprint density at radius 1 is 1.09 bits per heavy atom. The number of rotatable bonds is 8. The van der Waals surface area contributed by atoms with E-state index in [0.717, 1.165) is 5.56 Å². The second-order valence-electron chi connectivity index (χ2n) is 7.59. The molecule has 0 atom stereocenters. The molecular formula is C24H26N2O6S. The summed E-state index contributed by atoms with van der Waals surface area (Å²) in [7, 11) is -2.65. The third-order valence-electron chi connectivity index (χ3n) is 4.97. The van der Waals surface area contributed by atoms with Gasteiger partial charge in [0.1, 0.15) is 11.5 Å². The summed E-state index contributed by atoms with van der Waals surface area (Å²) in [6, 6.07) is 16.2. The molecule has 0 aliphatic carbocycles. The highest BCUT2D eigenvalue weighted by Crippen LogP contribution is 2.40. The summed E-state index contributed by atoms with van der Waals surface area (Å²) in [6.07, 6.45) is -0.121. The maximum atomic E-state index is 13.5. The van der Waals surface area contributed by atoms with Crippen LogP contribution in [0.3, 0.4) is 0 Å². The molecule has 1 amide bonds. The standard InChI is InChI=1S/C24H26N2O6S/c1-15(2)32-23-19(13-16-7-5-4-6-8-16)20(24(27)26-28)14-21(22(23)25)33(29,30)18-11-9-17(31-3)10-12-18/h4-12,14-15,28H,13,25H2,1-3H3,(H,26,27). The first-order valence-corrected chi connectivity index (χ1v) is 11.7. The summed E-state index contributed by atoms with van der Waals surface area (Å²) >= 11 is 0. The number of methoxy groups -OCH3 is 1.